The summed E-state index contributed by atoms with van der Waals surface area (Å²) in [4.78, 5) is 0. The summed E-state index contributed by atoms with van der Waals surface area (Å²) in [6.07, 6.45) is 7.00. The highest BCUT2D eigenvalue weighted by atomic mass is 127. The Kier molecular flexibility index (Phi) is 4.92. The number of halogens is 1. The predicted octanol–water partition coefficient (Wildman–Crippen LogP) is 7.14. The molecule has 1 heteroatoms. The molecule has 1 aliphatic rings. The van der Waals surface area contributed by atoms with Gasteiger partial charge in [-0.05, 0) is 51.5 Å². The molecule has 3 rings (SSSR count). The fraction of sp³-hybridized carbons (Fsp3) is 0.391. The summed E-state index contributed by atoms with van der Waals surface area (Å²) in [6.45, 7) is 9.53. The molecule has 0 saturated carbocycles. The maximum atomic E-state index is 2.41. The van der Waals surface area contributed by atoms with E-state index in [9.17, 15) is 0 Å². The lowest BCUT2D eigenvalue weighted by atomic mass is 9.63. The second-order valence-corrected chi connectivity index (χ2v) is 9.04. The van der Waals surface area contributed by atoms with Crippen molar-refractivity contribution in [2.24, 2.45) is 0 Å². The Bertz CT molecular complexity index is 748. The standard InChI is InChI=1S/C23H27I/c1-22(2)13-14-23(3,4)21-15-18(11-12-20(21)22)8-5-17-6-9-19(16-24)10-7-17/h5-12,15H,13-14,16H2,1-4H3/b8-5+. The highest BCUT2D eigenvalue weighted by Gasteiger charge is 2.36. The van der Waals surface area contributed by atoms with Crippen LogP contribution in [0.2, 0.25) is 0 Å². The number of rotatable bonds is 3. The van der Waals surface area contributed by atoms with E-state index in [1.165, 1.54) is 40.7 Å². The van der Waals surface area contributed by atoms with Crippen LogP contribution in [0.15, 0.2) is 42.5 Å². The van der Waals surface area contributed by atoms with Crippen molar-refractivity contribution >= 4 is 34.7 Å². The van der Waals surface area contributed by atoms with Gasteiger partial charge in [-0.2, -0.15) is 0 Å². The van der Waals surface area contributed by atoms with E-state index in [0.29, 0.717) is 5.41 Å². The van der Waals surface area contributed by atoms with Crippen LogP contribution in [0.4, 0.5) is 0 Å². The minimum absolute atomic E-state index is 0.274. The SMILES string of the molecule is CC1(C)CCC(C)(C)c2cc(/C=C/c3ccc(CI)cc3)ccc21. The second kappa shape index (κ2) is 6.67. The smallest absolute Gasteiger partial charge is 0.0247 e. The number of hydrogen-bond acceptors (Lipinski definition) is 0. The van der Waals surface area contributed by atoms with Crippen LogP contribution in [0, 0.1) is 0 Å². The molecule has 0 aliphatic heterocycles. The van der Waals surface area contributed by atoms with Gasteiger partial charge in [-0.15, -0.1) is 0 Å². The number of alkyl halides is 1. The molecule has 0 saturated heterocycles. The van der Waals surface area contributed by atoms with Gasteiger partial charge in [0, 0.05) is 4.43 Å². The van der Waals surface area contributed by atoms with Crippen molar-refractivity contribution in [1.29, 1.82) is 0 Å². The Morgan fingerprint density at radius 3 is 1.96 bits per heavy atom. The molecular formula is C23H27I. The van der Waals surface area contributed by atoms with Crippen molar-refractivity contribution in [1.82, 2.24) is 0 Å². The van der Waals surface area contributed by atoms with Crippen molar-refractivity contribution in [2.75, 3.05) is 0 Å². The molecule has 0 heterocycles. The van der Waals surface area contributed by atoms with E-state index in [0.717, 1.165) is 4.43 Å². The molecule has 0 unspecified atom stereocenters. The topological polar surface area (TPSA) is 0 Å². The fourth-order valence-electron chi connectivity index (χ4n) is 3.62. The predicted molar refractivity (Wildman–Crippen MR) is 115 cm³/mol. The third-order valence-corrected chi connectivity index (χ3v) is 6.36. The molecule has 2 aromatic rings. The first-order valence-electron chi connectivity index (χ1n) is 8.80. The maximum Gasteiger partial charge on any atom is 0.0247 e. The van der Waals surface area contributed by atoms with Gasteiger partial charge in [0.05, 0.1) is 0 Å². The van der Waals surface area contributed by atoms with Crippen LogP contribution < -0.4 is 0 Å². The molecule has 0 spiro atoms. The lowest BCUT2D eigenvalue weighted by molar-refractivity contribution is 0.332. The zero-order chi connectivity index (χ0) is 17.4. The number of fused-ring (bicyclic) bond motifs is 1. The van der Waals surface area contributed by atoms with Crippen LogP contribution in [0.1, 0.15) is 68.4 Å². The summed E-state index contributed by atoms with van der Waals surface area (Å²) in [5.74, 6) is 0. The van der Waals surface area contributed by atoms with Crippen LogP contribution >= 0.6 is 22.6 Å². The molecular weight excluding hydrogens is 403 g/mol. The Hall–Kier alpha value is -1.09. The van der Waals surface area contributed by atoms with Crippen molar-refractivity contribution < 1.29 is 0 Å². The summed E-state index contributed by atoms with van der Waals surface area (Å²) < 4.78 is 1.07. The maximum absolute atomic E-state index is 2.41. The highest BCUT2D eigenvalue weighted by Crippen LogP contribution is 2.45. The van der Waals surface area contributed by atoms with Crippen LogP contribution in [0.25, 0.3) is 12.2 Å². The first kappa shape index (κ1) is 17.7. The summed E-state index contributed by atoms with van der Waals surface area (Å²) >= 11 is 2.40. The molecule has 0 N–H and O–H groups in total. The summed E-state index contributed by atoms with van der Waals surface area (Å²) in [6, 6.07) is 15.9. The van der Waals surface area contributed by atoms with Gasteiger partial charge in [-0.1, -0.05) is 105 Å². The number of hydrogen-bond donors (Lipinski definition) is 0. The van der Waals surface area contributed by atoms with Gasteiger partial charge in [0.2, 0.25) is 0 Å². The van der Waals surface area contributed by atoms with Crippen molar-refractivity contribution in [3.05, 3.63) is 70.3 Å². The van der Waals surface area contributed by atoms with Crippen molar-refractivity contribution in [2.45, 2.75) is 55.8 Å². The molecule has 0 amide bonds. The van der Waals surface area contributed by atoms with E-state index in [4.69, 9.17) is 0 Å². The molecule has 2 aromatic carbocycles. The first-order chi connectivity index (χ1) is 11.3. The molecule has 0 nitrogen and oxygen atoms in total. The van der Waals surface area contributed by atoms with Gasteiger partial charge in [-0.25, -0.2) is 0 Å². The average molecular weight is 430 g/mol. The molecule has 0 radical (unpaired) electrons. The molecule has 126 valence electrons. The van der Waals surface area contributed by atoms with E-state index in [-0.39, 0.29) is 5.41 Å². The van der Waals surface area contributed by atoms with Crippen molar-refractivity contribution in [3.63, 3.8) is 0 Å². The molecule has 0 atom stereocenters. The first-order valence-corrected chi connectivity index (χ1v) is 10.3. The van der Waals surface area contributed by atoms with Gasteiger partial charge in [0.1, 0.15) is 0 Å². The van der Waals surface area contributed by atoms with Crippen molar-refractivity contribution in [3.8, 4) is 0 Å². The Labute approximate surface area is 160 Å². The second-order valence-electron chi connectivity index (χ2n) is 8.28. The Morgan fingerprint density at radius 1 is 0.792 bits per heavy atom. The average Bonchev–Trinajstić information content (AvgIpc) is 2.58. The Morgan fingerprint density at radius 2 is 1.33 bits per heavy atom. The zero-order valence-electron chi connectivity index (χ0n) is 15.2. The number of benzene rings is 2. The lowest BCUT2D eigenvalue weighted by Crippen LogP contribution is -2.33. The molecule has 0 aromatic heterocycles. The van der Waals surface area contributed by atoms with Gasteiger partial charge in [-0.3, -0.25) is 0 Å². The van der Waals surface area contributed by atoms with Gasteiger partial charge >= 0.3 is 0 Å². The zero-order valence-corrected chi connectivity index (χ0v) is 17.4. The van der Waals surface area contributed by atoms with Crippen LogP contribution in [0.3, 0.4) is 0 Å². The minimum atomic E-state index is 0.274. The van der Waals surface area contributed by atoms with Gasteiger partial charge < -0.3 is 0 Å². The van der Waals surface area contributed by atoms with E-state index >= 15 is 0 Å². The normalized spacial score (nSPS) is 18.5. The summed E-state index contributed by atoms with van der Waals surface area (Å²) in [5, 5.41) is 0. The summed E-state index contributed by atoms with van der Waals surface area (Å²) in [7, 11) is 0. The minimum Gasteiger partial charge on any atom is -0.0812 e. The molecule has 1 aliphatic carbocycles. The van der Waals surface area contributed by atoms with E-state index in [1.807, 2.05) is 0 Å². The van der Waals surface area contributed by atoms with Gasteiger partial charge in [0.15, 0.2) is 0 Å². The summed E-state index contributed by atoms with van der Waals surface area (Å²) in [5.41, 5.74) is 7.58. The third-order valence-electron chi connectivity index (χ3n) is 5.48. The van der Waals surface area contributed by atoms with E-state index in [1.54, 1.807) is 0 Å². The van der Waals surface area contributed by atoms with Crippen LogP contribution in [0.5, 0.6) is 0 Å². The van der Waals surface area contributed by atoms with E-state index in [2.05, 4.69) is 105 Å². The Balaban J connectivity index is 1.91. The largest absolute Gasteiger partial charge is 0.0812 e. The fourth-order valence-corrected chi connectivity index (χ4v) is 4.13. The van der Waals surface area contributed by atoms with Crippen LogP contribution in [-0.2, 0) is 15.3 Å². The third kappa shape index (κ3) is 3.61. The molecule has 24 heavy (non-hydrogen) atoms. The molecule has 0 bridgehead atoms. The monoisotopic (exact) mass is 430 g/mol. The van der Waals surface area contributed by atoms with Crippen LogP contribution in [-0.4, -0.2) is 0 Å². The quantitative estimate of drug-likeness (QED) is 0.276. The molecule has 0 fully saturated rings. The highest BCUT2D eigenvalue weighted by molar-refractivity contribution is 14.1. The lowest BCUT2D eigenvalue weighted by Gasteiger charge is -2.42. The van der Waals surface area contributed by atoms with E-state index < -0.39 is 0 Å². The van der Waals surface area contributed by atoms with Gasteiger partial charge in [0.25, 0.3) is 0 Å².